The molecule has 1 saturated heterocycles. The molecule has 3 rings (SSSR count). The maximum atomic E-state index is 12.7. The molecule has 0 aromatic carbocycles. The van der Waals surface area contributed by atoms with E-state index in [0.29, 0.717) is 32.0 Å². The topological polar surface area (TPSA) is 89.2 Å². The lowest BCUT2D eigenvalue weighted by Crippen LogP contribution is -2.43. The average Bonchev–Trinajstić information content (AvgIpc) is 3.33. The van der Waals surface area contributed by atoms with E-state index in [2.05, 4.69) is 21.2 Å². The first kappa shape index (κ1) is 17.2. The Hall–Kier alpha value is -2.59. The van der Waals surface area contributed by atoms with Crippen molar-refractivity contribution in [2.75, 3.05) is 26.2 Å². The van der Waals surface area contributed by atoms with Gasteiger partial charge < -0.3 is 9.32 Å². The number of nitriles is 1. The van der Waals surface area contributed by atoms with Gasteiger partial charge in [0, 0.05) is 12.7 Å². The second-order valence-corrected chi connectivity index (χ2v) is 6.38. The van der Waals surface area contributed by atoms with Crippen LogP contribution >= 0.6 is 0 Å². The number of rotatable bonds is 7. The smallest absolute Gasteiger partial charge is 0.237 e. The highest BCUT2D eigenvalue weighted by Gasteiger charge is 2.24. The van der Waals surface area contributed by atoms with Crippen LogP contribution in [0.5, 0.6) is 0 Å². The van der Waals surface area contributed by atoms with Crippen LogP contribution < -0.4 is 0 Å². The molecule has 0 bridgehead atoms. The molecule has 7 nitrogen and oxygen atoms in total. The van der Waals surface area contributed by atoms with Crippen molar-refractivity contribution in [2.24, 2.45) is 0 Å². The lowest BCUT2D eigenvalue weighted by Gasteiger charge is -2.32. The number of hydrogen-bond donors (Lipinski definition) is 1. The summed E-state index contributed by atoms with van der Waals surface area (Å²) in [5.74, 6) is 1.31. The summed E-state index contributed by atoms with van der Waals surface area (Å²) < 4.78 is 5.34. The van der Waals surface area contributed by atoms with E-state index in [4.69, 9.17) is 9.68 Å². The first-order valence-corrected chi connectivity index (χ1v) is 8.64. The van der Waals surface area contributed by atoms with Gasteiger partial charge in [-0.05, 0) is 49.5 Å². The van der Waals surface area contributed by atoms with E-state index < -0.39 is 0 Å². The number of hydrogen-bond acceptors (Lipinski definition) is 5. The Bertz CT molecular complexity index is 682. The molecule has 1 aliphatic heterocycles. The van der Waals surface area contributed by atoms with Crippen molar-refractivity contribution >= 4 is 5.91 Å². The molecular formula is C18H23N5O2. The van der Waals surface area contributed by atoms with Crippen LogP contribution in [0.1, 0.15) is 36.5 Å². The molecular weight excluding hydrogens is 318 g/mol. The monoisotopic (exact) mass is 341 g/mol. The summed E-state index contributed by atoms with van der Waals surface area (Å²) >= 11 is 0. The number of likely N-dealkylation sites (tertiary alicyclic amines) is 1. The maximum absolute atomic E-state index is 12.7. The van der Waals surface area contributed by atoms with Crippen molar-refractivity contribution in [1.29, 1.82) is 5.26 Å². The Morgan fingerprint density at radius 2 is 2.32 bits per heavy atom. The molecule has 0 unspecified atom stereocenters. The summed E-state index contributed by atoms with van der Waals surface area (Å²) in [5.41, 5.74) is 1.25. The predicted molar refractivity (Wildman–Crippen MR) is 91.4 cm³/mol. The van der Waals surface area contributed by atoms with E-state index in [-0.39, 0.29) is 5.91 Å². The Kier molecular flexibility index (Phi) is 5.86. The fourth-order valence-corrected chi connectivity index (χ4v) is 3.27. The molecule has 1 aliphatic rings. The van der Waals surface area contributed by atoms with Crippen molar-refractivity contribution in [2.45, 2.75) is 31.7 Å². The fraction of sp³-hybridized carbons (Fsp3) is 0.500. The second kappa shape index (κ2) is 8.49. The van der Waals surface area contributed by atoms with Crippen molar-refractivity contribution in [1.82, 2.24) is 20.0 Å². The number of carbonyl (C=O) groups excluding carboxylic acids is 1. The number of carbonyl (C=O) groups is 1. The highest BCUT2D eigenvalue weighted by atomic mass is 16.3. The van der Waals surface area contributed by atoms with E-state index in [0.717, 1.165) is 31.7 Å². The minimum absolute atomic E-state index is 0.0495. The fourth-order valence-electron chi connectivity index (χ4n) is 3.27. The van der Waals surface area contributed by atoms with Gasteiger partial charge in [-0.1, -0.05) is 0 Å². The molecule has 1 amide bonds. The van der Waals surface area contributed by atoms with Gasteiger partial charge in [0.2, 0.25) is 5.91 Å². The SMILES string of the molecule is N#CCCN(Cc1ccco1)C(=O)CN1CCC(c2cn[nH]c2)CC1. The van der Waals surface area contributed by atoms with Gasteiger partial charge in [0.1, 0.15) is 5.76 Å². The number of H-pyrrole nitrogens is 1. The summed E-state index contributed by atoms with van der Waals surface area (Å²) in [7, 11) is 0. The molecule has 25 heavy (non-hydrogen) atoms. The van der Waals surface area contributed by atoms with E-state index in [1.807, 2.05) is 24.5 Å². The summed E-state index contributed by atoms with van der Waals surface area (Å²) in [6.45, 7) is 3.04. The van der Waals surface area contributed by atoms with Gasteiger partial charge in [-0.3, -0.25) is 14.8 Å². The van der Waals surface area contributed by atoms with Gasteiger partial charge in [-0.15, -0.1) is 0 Å². The number of nitrogens with one attached hydrogen (secondary N) is 1. The molecule has 132 valence electrons. The Morgan fingerprint density at radius 1 is 1.48 bits per heavy atom. The third kappa shape index (κ3) is 4.70. The first-order valence-electron chi connectivity index (χ1n) is 8.64. The van der Waals surface area contributed by atoms with Crippen LogP contribution in [0.4, 0.5) is 0 Å². The molecule has 0 radical (unpaired) electrons. The third-order valence-electron chi connectivity index (χ3n) is 4.71. The minimum Gasteiger partial charge on any atom is -0.467 e. The Labute approximate surface area is 147 Å². The summed E-state index contributed by atoms with van der Waals surface area (Å²) in [5, 5.41) is 15.7. The van der Waals surface area contributed by atoms with E-state index in [1.54, 1.807) is 11.2 Å². The molecule has 3 heterocycles. The van der Waals surface area contributed by atoms with Crippen molar-refractivity contribution < 1.29 is 9.21 Å². The van der Waals surface area contributed by atoms with Gasteiger partial charge in [0.05, 0.1) is 38.0 Å². The molecule has 2 aromatic heterocycles. The Balaban J connectivity index is 1.51. The molecule has 1 N–H and O–H groups in total. The van der Waals surface area contributed by atoms with Crippen LogP contribution in [0.25, 0.3) is 0 Å². The summed E-state index contributed by atoms with van der Waals surface area (Å²) in [6.07, 6.45) is 7.83. The van der Waals surface area contributed by atoms with Crippen molar-refractivity contribution in [3.63, 3.8) is 0 Å². The Morgan fingerprint density at radius 3 is 2.96 bits per heavy atom. The molecule has 0 aliphatic carbocycles. The zero-order valence-corrected chi connectivity index (χ0v) is 14.2. The number of aromatic amines is 1. The number of amides is 1. The van der Waals surface area contributed by atoms with Crippen molar-refractivity contribution in [3.8, 4) is 6.07 Å². The lowest BCUT2D eigenvalue weighted by atomic mass is 9.91. The van der Waals surface area contributed by atoms with Crippen LogP contribution in [-0.2, 0) is 11.3 Å². The molecule has 0 atom stereocenters. The minimum atomic E-state index is 0.0495. The van der Waals surface area contributed by atoms with Gasteiger partial charge >= 0.3 is 0 Å². The van der Waals surface area contributed by atoms with Gasteiger partial charge in [-0.2, -0.15) is 10.4 Å². The molecule has 0 saturated carbocycles. The lowest BCUT2D eigenvalue weighted by molar-refractivity contribution is -0.133. The van der Waals surface area contributed by atoms with Crippen LogP contribution in [0.2, 0.25) is 0 Å². The predicted octanol–water partition coefficient (Wildman–Crippen LogP) is 2.12. The quantitative estimate of drug-likeness (QED) is 0.833. The van der Waals surface area contributed by atoms with Crippen molar-refractivity contribution in [3.05, 3.63) is 42.1 Å². The molecule has 1 fully saturated rings. The number of nitrogens with zero attached hydrogens (tertiary/aromatic N) is 4. The highest BCUT2D eigenvalue weighted by molar-refractivity contribution is 5.78. The number of aromatic nitrogens is 2. The molecule has 7 heteroatoms. The molecule has 0 spiro atoms. The van der Waals surface area contributed by atoms with Crippen LogP contribution in [0.3, 0.4) is 0 Å². The maximum Gasteiger partial charge on any atom is 0.237 e. The van der Waals surface area contributed by atoms with E-state index in [1.165, 1.54) is 5.56 Å². The zero-order valence-electron chi connectivity index (χ0n) is 14.2. The van der Waals surface area contributed by atoms with Crippen LogP contribution in [-0.4, -0.2) is 52.1 Å². The standard InChI is InChI=1S/C18H23N5O2/c19-6-2-7-23(13-17-3-1-10-25-17)18(24)14-22-8-4-15(5-9-22)16-11-20-21-12-16/h1,3,10-12,15H,2,4-5,7-9,13-14H2,(H,20,21). The number of piperidine rings is 1. The highest BCUT2D eigenvalue weighted by Crippen LogP contribution is 2.27. The van der Waals surface area contributed by atoms with E-state index >= 15 is 0 Å². The zero-order chi connectivity index (χ0) is 17.5. The van der Waals surface area contributed by atoms with Gasteiger partial charge in [0.25, 0.3) is 0 Å². The number of furan rings is 1. The van der Waals surface area contributed by atoms with E-state index in [9.17, 15) is 4.79 Å². The largest absolute Gasteiger partial charge is 0.467 e. The first-order chi connectivity index (χ1) is 12.3. The van der Waals surface area contributed by atoms with Gasteiger partial charge in [-0.25, -0.2) is 0 Å². The normalized spacial score (nSPS) is 15.8. The van der Waals surface area contributed by atoms with Crippen LogP contribution in [0, 0.1) is 11.3 Å². The third-order valence-corrected chi connectivity index (χ3v) is 4.71. The van der Waals surface area contributed by atoms with Gasteiger partial charge in [0.15, 0.2) is 0 Å². The average molecular weight is 341 g/mol. The van der Waals surface area contributed by atoms with Crippen LogP contribution in [0.15, 0.2) is 35.2 Å². The summed E-state index contributed by atoms with van der Waals surface area (Å²) in [4.78, 5) is 16.6. The summed E-state index contributed by atoms with van der Waals surface area (Å²) in [6, 6.07) is 5.77. The second-order valence-electron chi connectivity index (χ2n) is 6.38. The molecule has 2 aromatic rings.